The highest BCUT2D eigenvalue weighted by molar-refractivity contribution is 4.60. The van der Waals surface area contributed by atoms with E-state index < -0.39 is 0 Å². The Kier molecular flexibility index (Phi) is 6.45. The highest BCUT2D eigenvalue weighted by Gasteiger charge is 2.05. The molecular formula is C11H25N. The van der Waals surface area contributed by atoms with Crippen LogP contribution in [0, 0.1) is 17.8 Å². The fraction of sp³-hybridized carbons (Fsp3) is 1.00. The first kappa shape index (κ1) is 12.0. The van der Waals surface area contributed by atoms with E-state index in [-0.39, 0.29) is 0 Å². The van der Waals surface area contributed by atoms with Crippen molar-refractivity contribution in [2.75, 3.05) is 13.1 Å². The van der Waals surface area contributed by atoms with E-state index in [1.165, 1.54) is 19.5 Å². The first-order valence-electron chi connectivity index (χ1n) is 5.24. The maximum atomic E-state index is 3.50. The highest BCUT2D eigenvalue weighted by Crippen LogP contribution is 2.07. The summed E-state index contributed by atoms with van der Waals surface area (Å²) in [6.07, 6.45) is 1.30. The Hall–Kier alpha value is -0.0400. The Morgan fingerprint density at radius 3 is 2.00 bits per heavy atom. The molecule has 0 radical (unpaired) electrons. The molecule has 0 amide bonds. The van der Waals surface area contributed by atoms with Gasteiger partial charge in [-0.2, -0.15) is 0 Å². The van der Waals surface area contributed by atoms with Crippen LogP contribution in [0.25, 0.3) is 0 Å². The van der Waals surface area contributed by atoms with Crippen molar-refractivity contribution in [2.24, 2.45) is 17.8 Å². The quantitative estimate of drug-likeness (QED) is 0.606. The van der Waals surface area contributed by atoms with Gasteiger partial charge in [-0.15, -0.1) is 0 Å². The van der Waals surface area contributed by atoms with E-state index in [0.29, 0.717) is 0 Å². The molecule has 0 aliphatic carbocycles. The van der Waals surface area contributed by atoms with Gasteiger partial charge in [0.2, 0.25) is 0 Å². The third-order valence-corrected chi connectivity index (χ3v) is 2.50. The number of nitrogens with one attached hydrogen (secondary N) is 1. The smallest absolute Gasteiger partial charge is 0.00207 e. The third-order valence-electron chi connectivity index (χ3n) is 2.50. The summed E-state index contributed by atoms with van der Waals surface area (Å²) in [5.74, 6) is 2.43. The van der Waals surface area contributed by atoms with Crippen LogP contribution in [0.15, 0.2) is 0 Å². The van der Waals surface area contributed by atoms with E-state index in [0.717, 1.165) is 17.8 Å². The van der Waals surface area contributed by atoms with Crippen LogP contribution in [-0.2, 0) is 0 Å². The molecule has 1 unspecified atom stereocenters. The van der Waals surface area contributed by atoms with Crippen LogP contribution in [-0.4, -0.2) is 13.1 Å². The number of rotatable bonds is 6. The predicted octanol–water partition coefficient (Wildman–Crippen LogP) is 2.91. The van der Waals surface area contributed by atoms with Crippen LogP contribution < -0.4 is 5.32 Å². The fourth-order valence-corrected chi connectivity index (χ4v) is 0.956. The normalized spacial score (nSPS) is 14.2. The van der Waals surface area contributed by atoms with Gasteiger partial charge >= 0.3 is 0 Å². The van der Waals surface area contributed by atoms with Gasteiger partial charge in [0.25, 0.3) is 0 Å². The molecule has 0 saturated carbocycles. The minimum absolute atomic E-state index is 0.802. The van der Waals surface area contributed by atoms with E-state index in [1.54, 1.807) is 0 Å². The summed E-state index contributed by atoms with van der Waals surface area (Å²) in [6.45, 7) is 13.8. The topological polar surface area (TPSA) is 12.0 Å². The van der Waals surface area contributed by atoms with Gasteiger partial charge < -0.3 is 5.32 Å². The molecule has 0 aliphatic rings. The second kappa shape index (κ2) is 6.47. The van der Waals surface area contributed by atoms with Gasteiger partial charge in [0.15, 0.2) is 0 Å². The molecule has 0 aliphatic heterocycles. The first-order valence-corrected chi connectivity index (χ1v) is 5.24. The minimum atomic E-state index is 0.802. The average molecular weight is 171 g/mol. The third kappa shape index (κ3) is 6.66. The van der Waals surface area contributed by atoms with Gasteiger partial charge in [-0.05, 0) is 37.3 Å². The Morgan fingerprint density at radius 2 is 1.58 bits per heavy atom. The molecule has 0 heterocycles. The Labute approximate surface area is 77.9 Å². The second-order valence-electron chi connectivity index (χ2n) is 4.61. The molecule has 1 heteroatoms. The van der Waals surface area contributed by atoms with E-state index in [4.69, 9.17) is 0 Å². The largest absolute Gasteiger partial charge is 0.316 e. The fourth-order valence-electron chi connectivity index (χ4n) is 0.956. The van der Waals surface area contributed by atoms with Gasteiger partial charge in [0.05, 0.1) is 0 Å². The van der Waals surface area contributed by atoms with Crippen molar-refractivity contribution in [3.63, 3.8) is 0 Å². The second-order valence-corrected chi connectivity index (χ2v) is 4.61. The average Bonchev–Trinajstić information content (AvgIpc) is 1.97. The molecule has 1 atom stereocenters. The zero-order chi connectivity index (χ0) is 9.56. The van der Waals surface area contributed by atoms with Crippen molar-refractivity contribution >= 4 is 0 Å². The summed E-state index contributed by atoms with van der Waals surface area (Å²) >= 11 is 0. The zero-order valence-electron chi connectivity index (χ0n) is 9.35. The Balaban J connectivity index is 3.20. The van der Waals surface area contributed by atoms with Crippen molar-refractivity contribution in [2.45, 2.75) is 41.0 Å². The maximum absolute atomic E-state index is 3.50. The predicted molar refractivity (Wildman–Crippen MR) is 56.3 cm³/mol. The molecule has 1 N–H and O–H groups in total. The van der Waals surface area contributed by atoms with Gasteiger partial charge in [-0.1, -0.05) is 34.6 Å². The highest BCUT2D eigenvalue weighted by atomic mass is 14.9. The van der Waals surface area contributed by atoms with Crippen LogP contribution >= 0.6 is 0 Å². The van der Waals surface area contributed by atoms with Gasteiger partial charge in [0.1, 0.15) is 0 Å². The molecule has 12 heavy (non-hydrogen) atoms. The van der Waals surface area contributed by atoms with Crippen LogP contribution in [0.3, 0.4) is 0 Å². The van der Waals surface area contributed by atoms with Crippen molar-refractivity contribution in [1.29, 1.82) is 0 Å². The van der Waals surface area contributed by atoms with E-state index in [1.807, 2.05) is 0 Å². The molecule has 0 saturated heterocycles. The summed E-state index contributed by atoms with van der Waals surface area (Å²) in [7, 11) is 0. The van der Waals surface area contributed by atoms with Crippen LogP contribution in [0.1, 0.15) is 41.0 Å². The summed E-state index contributed by atoms with van der Waals surface area (Å²) < 4.78 is 0. The Bertz CT molecular complexity index is 97.2. The van der Waals surface area contributed by atoms with Crippen molar-refractivity contribution < 1.29 is 0 Å². The monoisotopic (exact) mass is 171 g/mol. The van der Waals surface area contributed by atoms with Gasteiger partial charge in [0, 0.05) is 0 Å². The summed E-state index contributed by atoms with van der Waals surface area (Å²) in [5, 5.41) is 3.50. The molecule has 0 bridgehead atoms. The molecule has 74 valence electrons. The SMILES string of the molecule is CC(C)CCNCC(C)C(C)C. The van der Waals surface area contributed by atoms with Gasteiger partial charge in [-0.3, -0.25) is 0 Å². The zero-order valence-corrected chi connectivity index (χ0v) is 9.35. The lowest BCUT2D eigenvalue weighted by Crippen LogP contribution is -2.25. The minimum Gasteiger partial charge on any atom is -0.316 e. The van der Waals surface area contributed by atoms with E-state index in [2.05, 4.69) is 39.9 Å². The van der Waals surface area contributed by atoms with Crippen LogP contribution in [0.2, 0.25) is 0 Å². The van der Waals surface area contributed by atoms with Crippen LogP contribution in [0.5, 0.6) is 0 Å². The molecule has 0 aromatic carbocycles. The molecule has 0 spiro atoms. The van der Waals surface area contributed by atoms with Crippen molar-refractivity contribution in [3.05, 3.63) is 0 Å². The van der Waals surface area contributed by atoms with Gasteiger partial charge in [-0.25, -0.2) is 0 Å². The maximum Gasteiger partial charge on any atom is -0.00207 e. The molecular weight excluding hydrogens is 146 g/mol. The lowest BCUT2D eigenvalue weighted by molar-refractivity contribution is 0.386. The van der Waals surface area contributed by atoms with E-state index >= 15 is 0 Å². The lowest BCUT2D eigenvalue weighted by atomic mass is 9.98. The summed E-state index contributed by atoms with van der Waals surface area (Å²) in [6, 6.07) is 0. The standard InChI is InChI=1S/C11H25N/c1-9(2)6-7-12-8-11(5)10(3)4/h9-12H,6-8H2,1-5H3. The van der Waals surface area contributed by atoms with Crippen molar-refractivity contribution in [1.82, 2.24) is 5.32 Å². The molecule has 0 aromatic rings. The molecule has 1 nitrogen and oxygen atoms in total. The van der Waals surface area contributed by atoms with Crippen LogP contribution in [0.4, 0.5) is 0 Å². The lowest BCUT2D eigenvalue weighted by Gasteiger charge is -2.16. The number of hydrogen-bond donors (Lipinski definition) is 1. The summed E-state index contributed by atoms with van der Waals surface area (Å²) in [4.78, 5) is 0. The molecule has 0 fully saturated rings. The number of hydrogen-bond acceptors (Lipinski definition) is 1. The first-order chi connectivity index (χ1) is 5.54. The Morgan fingerprint density at radius 1 is 1.00 bits per heavy atom. The van der Waals surface area contributed by atoms with Crippen molar-refractivity contribution in [3.8, 4) is 0 Å². The molecule has 0 rings (SSSR count). The summed E-state index contributed by atoms with van der Waals surface area (Å²) in [5.41, 5.74) is 0. The molecule has 0 aromatic heterocycles. The van der Waals surface area contributed by atoms with E-state index in [9.17, 15) is 0 Å².